The van der Waals surface area contributed by atoms with Crippen LogP contribution in [0.3, 0.4) is 0 Å². The summed E-state index contributed by atoms with van der Waals surface area (Å²) in [6, 6.07) is 7.28. The van der Waals surface area contributed by atoms with Crippen LogP contribution >= 0.6 is 0 Å². The lowest BCUT2D eigenvalue weighted by Crippen LogP contribution is -2.24. The van der Waals surface area contributed by atoms with Crippen molar-refractivity contribution >= 4 is 5.97 Å². The molecule has 80 valence electrons. The molecule has 0 bridgehead atoms. The molecule has 1 aliphatic rings. The van der Waals surface area contributed by atoms with Gasteiger partial charge in [-0.2, -0.15) is 0 Å². The Bertz CT molecular complexity index is 382. The summed E-state index contributed by atoms with van der Waals surface area (Å²) in [7, 11) is 2.91. The molecule has 15 heavy (non-hydrogen) atoms. The van der Waals surface area contributed by atoms with Crippen LogP contribution in [0, 0.1) is 0 Å². The third kappa shape index (κ3) is 1.47. The van der Waals surface area contributed by atoms with E-state index in [2.05, 4.69) is 0 Å². The molecule has 0 aliphatic carbocycles. The number of esters is 1. The molecule has 1 unspecified atom stereocenters. The highest BCUT2D eigenvalue weighted by atomic mass is 16.6. The van der Waals surface area contributed by atoms with Crippen molar-refractivity contribution in [1.29, 1.82) is 0 Å². The first kappa shape index (κ1) is 9.98. The van der Waals surface area contributed by atoms with Crippen LogP contribution in [0.25, 0.3) is 0 Å². The number of para-hydroxylation sites is 1. The molecule has 0 saturated carbocycles. The third-order valence-corrected chi connectivity index (χ3v) is 2.49. The van der Waals surface area contributed by atoms with Gasteiger partial charge in [0.15, 0.2) is 0 Å². The average molecular weight is 208 g/mol. The summed E-state index contributed by atoms with van der Waals surface area (Å²) >= 11 is 0. The van der Waals surface area contributed by atoms with E-state index in [9.17, 15) is 4.79 Å². The predicted octanol–water partition coefficient (Wildman–Crippen LogP) is 1.09. The van der Waals surface area contributed by atoms with E-state index in [4.69, 9.17) is 14.2 Å². The van der Waals surface area contributed by atoms with Gasteiger partial charge in [-0.3, -0.25) is 0 Å². The average Bonchev–Trinajstić information content (AvgIpc) is 3.09. The minimum Gasteiger partial charge on any atom is -0.496 e. The molecule has 4 heteroatoms. The van der Waals surface area contributed by atoms with Crippen LogP contribution in [-0.2, 0) is 19.9 Å². The molecule has 1 fully saturated rings. The predicted molar refractivity (Wildman–Crippen MR) is 52.6 cm³/mol. The zero-order valence-electron chi connectivity index (χ0n) is 8.65. The molecule has 0 amide bonds. The quantitative estimate of drug-likeness (QED) is 0.551. The van der Waals surface area contributed by atoms with E-state index in [-0.39, 0.29) is 5.97 Å². The highest BCUT2D eigenvalue weighted by molar-refractivity contribution is 5.85. The van der Waals surface area contributed by atoms with E-state index >= 15 is 0 Å². The van der Waals surface area contributed by atoms with E-state index in [0.29, 0.717) is 12.4 Å². The maximum absolute atomic E-state index is 11.6. The second kappa shape index (κ2) is 3.55. The molecule has 4 nitrogen and oxygen atoms in total. The first-order chi connectivity index (χ1) is 7.24. The second-order valence-corrected chi connectivity index (χ2v) is 3.31. The van der Waals surface area contributed by atoms with Crippen LogP contribution in [0.1, 0.15) is 5.56 Å². The summed E-state index contributed by atoms with van der Waals surface area (Å²) in [6.45, 7) is 0.347. The Kier molecular flexibility index (Phi) is 2.36. The summed E-state index contributed by atoms with van der Waals surface area (Å²) in [6.07, 6.45) is 0. The summed E-state index contributed by atoms with van der Waals surface area (Å²) in [5, 5.41) is 0. The van der Waals surface area contributed by atoms with E-state index in [1.54, 1.807) is 13.2 Å². The SMILES string of the molecule is COC(=O)C1(c2ccccc2OC)CO1. The summed E-state index contributed by atoms with van der Waals surface area (Å²) < 4.78 is 15.1. The lowest BCUT2D eigenvalue weighted by molar-refractivity contribution is -0.147. The van der Waals surface area contributed by atoms with Crippen LogP contribution < -0.4 is 4.74 Å². The topological polar surface area (TPSA) is 48.1 Å². The van der Waals surface area contributed by atoms with Gasteiger partial charge in [0, 0.05) is 5.56 Å². The fourth-order valence-corrected chi connectivity index (χ4v) is 1.60. The molecule has 0 N–H and O–H groups in total. The van der Waals surface area contributed by atoms with Gasteiger partial charge in [-0.05, 0) is 6.07 Å². The number of carbonyl (C=O) groups excluding carboxylic acids is 1. The molecule has 1 atom stereocenters. The van der Waals surface area contributed by atoms with Crippen LogP contribution in [0.15, 0.2) is 24.3 Å². The van der Waals surface area contributed by atoms with Gasteiger partial charge in [0.25, 0.3) is 0 Å². The fourth-order valence-electron chi connectivity index (χ4n) is 1.60. The van der Waals surface area contributed by atoms with Crippen LogP contribution in [0.5, 0.6) is 5.75 Å². The van der Waals surface area contributed by atoms with Gasteiger partial charge < -0.3 is 14.2 Å². The lowest BCUT2D eigenvalue weighted by Gasteiger charge is -2.13. The van der Waals surface area contributed by atoms with Crippen molar-refractivity contribution in [3.8, 4) is 5.75 Å². The van der Waals surface area contributed by atoms with Crippen LogP contribution in [0.2, 0.25) is 0 Å². The second-order valence-electron chi connectivity index (χ2n) is 3.31. The minimum absolute atomic E-state index is 0.347. The smallest absolute Gasteiger partial charge is 0.345 e. The van der Waals surface area contributed by atoms with E-state index in [1.165, 1.54) is 7.11 Å². The number of hydrogen-bond donors (Lipinski definition) is 0. The first-order valence-corrected chi connectivity index (χ1v) is 4.60. The van der Waals surface area contributed by atoms with Gasteiger partial charge in [-0.15, -0.1) is 0 Å². The molecule has 0 aromatic heterocycles. The number of epoxide rings is 1. The van der Waals surface area contributed by atoms with Crippen LogP contribution in [-0.4, -0.2) is 26.8 Å². The van der Waals surface area contributed by atoms with Crippen molar-refractivity contribution in [3.05, 3.63) is 29.8 Å². The molecule has 0 spiro atoms. The molecular weight excluding hydrogens is 196 g/mol. The van der Waals surface area contributed by atoms with Crippen molar-refractivity contribution in [1.82, 2.24) is 0 Å². The molecule has 0 radical (unpaired) electrons. The monoisotopic (exact) mass is 208 g/mol. The third-order valence-electron chi connectivity index (χ3n) is 2.49. The Morgan fingerprint density at radius 3 is 2.60 bits per heavy atom. The number of carbonyl (C=O) groups is 1. The van der Waals surface area contributed by atoms with Crippen molar-refractivity contribution in [2.75, 3.05) is 20.8 Å². The molecule has 1 heterocycles. The molecule has 1 saturated heterocycles. The van der Waals surface area contributed by atoms with Crippen molar-refractivity contribution in [3.63, 3.8) is 0 Å². The minimum atomic E-state index is -0.943. The van der Waals surface area contributed by atoms with E-state index in [1.807, 2.05) is 18.2 Å². The zero-order valence-corrected chi connectivity index (χ0v) is 8.65. The Balaban J connectivity index is 2.41. The molecule has 1 aliphatic heterocycles. The maximum atomic E-state index is 11.6. The van der Waals surface area contributed by atoms with Crippen LogP contribution in [0.4, 0.5) is 0 Å². The van der Waals surface area contributed by atoms with Gasteiger partial charge in [0.2, 0.25) is 5.60 Å². The number of rotatable bonds is 3. The summed E-state index contributed by atoms with van der Waals surface area (Å²) in [5.41, 5.74) is -0.221. The Morgan fingerprint density at radius 1 is 1.40 bits per heavy atom. The highest BCUT2D eigenvalue weighted by Crippen LogP contribution is 2.43. The van der Waals surface area contributed by atoms with Crippen molar-refractivity contribution in [2.24, 2.45) is 0 Å². The molecular formula is C11H12O4. The normalized spacial score (nSPS) is 23.3. The summed E-state index contributed by atoms with van der Waals surface area (Å²) in [4.78, 5) is 11.6. The Labute approximate surface area is 87.8 Å². The van der Waals surface area contributed by atoms with Gasteiger partial charge in [0.1, 0.15) is 5.75 Å². The molecule has 1 aromatic rings. The first-order valence-electron chi connectivity index (χ1n) is 4.60. The number of hydrogen-bond acceptors (Lipinski definition) is 4. The van der Waals surface area contributed by atoms with Gasteiger partial charge >= 0.3 is 5.97 Å². The largest absolute Gasteiger partial charge is 0.496 e. The lowest BCUT2D eigenvalue weighted by atomic mass is 9.99. The Hall–Kier alpha value is -1.55. The van der Waals surface area contributed by atoms with E-state index < -0.39 is 5.60 Å². The van der Waals surface area contributed by atoms with Gasteiger partial charge in [-0.1, -0.05) is 18.2 Å². The van der Waals surface area contributed by atoms with Gasteiger partial charge in [-0.25, -0.2) is 4.79 Å². The fraction of sp³-hybridized carbons (Fsp3) is 0.364. The highest BCUT2D eigenvalue weighted by Gasteiger charge is 2.56. The van der Waals surface area contributed by atoms with E-state index in [0.717, 1.165) is 5.56 Å². The van der Waals surface area contributed by atoms with Crippen molar-refractivity contribution < 1.29 is 19.0 Å². The standard InChI is InChI=1S/C11H12O4/c1-13-9-6-4-3-5-8(9)11(7-15-11)10(12)14-2/h3-6H,7H2,1-2H3. The molecule has 2 rings (SSSR count). The summed E-state index contributed by atoms with van der Waals surface area (Å²) in [5.74, 6) is 0.257. The maximum Gasteiger partial charge on any atom is 0.345 e. The Morgan fingerprint density at radius 2 is 2.07 bits per heavy atom. The number of ether oxygens (including phenoxy) is 3. The molecule has 1 aromatic carbocycles. The van der Waals surface area contributed by atoms with Crippen molar-refractivity contribution in [2.45, 2.75) is 5.60 Å². The number of benzene rings is 1. The zero-order chi connectivity index (χ0) is 10.9. The van der Waals surface area contributed by atoms with Gasteiger partial charge in [0.05, 0.1) is 20.8 Å². The number of methoxy groups -OCH3 is 2.